The summed E-state index contributed by atoms with van der Waals surface area (Å²) in [6, 6.07) is 0. The van der Waals surface area contributed by atoms with Gasteiger partial charge in [0.2, 0.25) is 0 Å². The third kappa shape index (κ3) is 14.2. The molecule has 6 heteroatoms. The van der Waals surface area contributed by atoms with Gasteiger partial charge in [0.1, 0.15) is 0 Å². The van der Waals surface area contributed by atoms with Crippen LogP contribution >= 0.6 is 17.0 Å². The molecule has 39 heavy (non-hydrogen) atoms. The van der Waals surface area contributed by atoms with E-state index in [-0.39, 0.29) is 71.3 Å². The van der Waals surface area contributed by atoms with Crippen molar-refractivity contribution in [1.82, 2.24) is 0 Å². The average molecular weight is 769 g/mol. The van der Waals surface area contributed by atoms with Crippen LogP contribution in [0.5, 0.6) is 0 Å². The van der Waals surface area contributed by atoms with Crippen molar-refractivity contribution in [3.8, 4) is 0 Å². The summed E-state index contributed by atoms with van der Waals surface area (Å²) in [5.41, 5.74) is 16.8. The SMILES string of the molecule is CC1=C(C)C(C)=C(C2=C(C)C(C)=C(C)C2)C1.CC1=[C-]C(C)(C)C(C)=C1C.[C-]1=CC=CC1.[CH3-].[CH3-].[Cl-].[Cl-].[Cl][Zr][Cl].[Zr+3]. The van der Waals surface area contributed by atoms with Crippen LogP contribution in [0.2, 0.25) is 0 Å². The van der Waals surface area contributed by atoms with Gasteiger partial charge in [0.25, 0.3) is 0 Å². The predicted octanol–water partition coefficient (Wildman–Crippen LogP) is 5.80. The van der Waals surface area contributed by atoms with E-state index < -0.39 is 20.8 Å². The van der Waals surface area contributed by atoms with Crippen molar-refractivity contribution in [3.05, 3.63) is 107 Å². The first kappa shape index (κ1) is 49.5. The summed E-state index contributed by atoms with van der Waals surface area (Å²) >= 11 is -0.826. The standard InChI is InChI=1S/C16H22.C10H15.C5H5.2CH3.4ClH.2Zr/c1-9-7-15(13(5)11(9)3)16-8-10(2)12(4)14(16)6;1-7-6-10(4,5)9(3)8(7)2;1-2-4-5-3-1;;;;;;;;/h7-8H2,1-6H3;1-5H3;1-3H,4H2;2*1H3;4*1H;;/q;4*-1;;;;;+2;+3/p-4. The molecule has 1 radical (unpaired) electrons. The Kier molecular flexibility index (Phi) is 29.6. The fourth-order valence-electron chi connectivity index (χ4n) is 4.57. The summed E-state index contributed by atoms with van der Waals surface area (Å²) in [5, 5.41) is 0. The Morgan fingerprint density at radius 3 is 1.23 bits per heavy atom. The quantitative estimate of drug-likeness (QED) is 0.297. The molecule has 4 rings (SSSR count). The Morgan fingerprint density at radius 2 is 1.10 bits per heavy atom. The van der Waals surface area contributed by atoms with Crippen LogP contribution in [-0.4, -0.2) is 0 Å². The van der Waals surface area contributed by atoms with Crippen LogP contribution < -0.4 is 24.8 Å². The van der Waals surface area contributed by atoms with Crippen LogP contribution in [-0.2, 0) is 47.1 Å². The van der Waals surface area contributed by atoms with Gasteiger partial charge in [-0.1, -0.05) is 44.3 Å². The molecule has 0 fully saturated rings. The fourth-order valence-corrected chi connectivity index (χ4v) is 4.57. The first-order valence-corrected chi connectivity index (χ1v) is 18.3. The molecular formula is C33H48Cl4Zr2-3. The van der Waals surface area contributed by atoms with Gasteiger partial charge in [-0.3, -0.25) is 12.2 Å². The van der Waals surface area contributed by atoms with Gasteiger partial charge < -0.3 is 39.7 Å². The molecule has 0 saturated carbocycles. The molecule has 4 aliphatic carbocycles. The summed E-state index contributed by atoms with van der Waals surface area (Å²) < 4.78 is 0. The largest absolute Gasteiger partial charge is 3.00 e. The molecule has 0 saturated heterocycles. The summed E-state index contributed by atoms with van der Waals surface area (Å²) in [4.78, 5) is 0. The van der Waals surface area contributed by atoms with E-state index in [2.05, 4.69) is 94.4 Å². The second kappa shape index (κ2) is 23.3. The monoisotopic (exact) mass is 764 g/mol. The second-order valence-electron chi connectivity index (χ2n) is 10.1. The smallest absolute Gasteiger partial charge is 3.00 e. The van der Waals surface area contributed by atoms with Crippen molar-refractivity contribution in [2.24, 2.45) is 5.41 Å². The minimum Gasteiger partial charge on any atom is 3.00 e. The summed E-state index contributed by atoms with van der Waals surface area (Å²) in [6.07, 6.45) is 15.8. The molecule has 0 bridgehead atoms. The summed E-state index contributed by atoms with van der Waals surface area (Å²) in [6.45, 7) is 24.5. The zero-order chi connectivity index (χ0) is 26.2. The molecule has 0 spiro atoms. The van der Waals surface area contributed by atoms with Gasteiger partial charge in [-0.15, -0.1) is 13.3 Å². The first-order valence-electron chi connectivity index (χ1n) is 12.0. The molecule has 0 N–H and O–H groups in total. The number of rotatable bonds is 1. The molecule has 0 heterocycles. The number of halogens is 4. The molecular weight excluding hydrogens is 721 g/mol. The van der Waals surface area contributed by atoms with Gasteiger partial charge in [0.05, 0.1) is 0 Å². The molecule has 219 valence electrons. The van der Waals surface area contributed by atoms with E-state index in [1.165, 1.54) is 51.9 Å². The maximum absolute atomic E-state index is 4.93. The van der Waals surface area contributed by atoms with Crippen LogP contribution in [0.25, 0.3) is 0 Å². The second-order valence-corrected chi connectivity index (χ2v) is 13.8. The van der Waals surface area contributed by atoms with Gasteiger partial charge in [-0.2, -0.15) is 17.2 Å². The summed E-state index contributed by atoms with van der Waals surface area (Å²) in [5.74, 6) is 0. The van der Waals surface area contributed by atoms with Crippen molar-refractivity contribution < 1.29 is 71.9 Å². The predicted molar refractivity (Wildman–Crippen MR) is 162 cm³/mol. The molecule has 0 aromatic rings. The van der Waals surface area contributed by atoms with Crippen LogP contribution in [0.4, 0.5) is 0 Å². The Balaban J connectivity index is -0.000000146. The van der Waals surface area contributed by atoms with Gasteiger partial charge in [-0.25, -0.2) is 17.7 Å². The van der Waals surface area contributed by atoms with Gasteiger partial charge >= 0.3 is 64.1 Å². The van der Waals surface area contributed by atoms with E-state index in [0.717, 1.165) is 6.42 Å². The van der Waals surface area contributed by atoms with Crippen molar-refractivity contribution in [2.45, 2.75) is 95.4 Å². The zero-order valence-corrected chi connectivity index (χ0v) is 34.3. The zero-order valence-electron chi connectivity index (χ0n) is 26.4. The average Bonchev–Trinajstić information content (AvgIpc) is 3.53. The Labute approximate surface area is 293 Å². The van der Waals surface area contributed by atoms with E-state index in [4.69, 9.17) is 17.0 Å². The Bertz CT molecular complexity index is 974. The first-order chi connectivity index (χ1) is 15.8. The molecule has 4 aliphatic rings. The third-order valence-electron chi connectivity index (χ3n) is 7.71. The minimum absolute atomic E-state index is 0. The van der Waals surface area contributed by atoms with Crippen LogP contribution in [0.3, 0.4) is 0 Å². The van der Waals surface area contributed by atoms with E-state index in [0.29, 0.717) is 0 Å². The maximum Gasteiger partial charge on any atom is 3.00 e. The molecule has 0 aliphatic heterocycles. The minimum atomic E-state index is -0.826. The van der Waals surface area contributed by atoms with Crippen molar-refractivity contribution >= 4 is 17.0 Å². The molecule has 0 unspecified atom stereocenters. The number of hydrogen-bond acceptors (Lipinski definition) is 0. The molecule has 0 aromatic carbocycles. The van der Waals surface area contributed by atoms with Crippen molar-refractivity contribution in [2.75, 3.05) is 0 Å². The van der Waals surface area contributed by atoms with E-state index in [1.54, 1.807) is 22.3 Å². The fraction of sp³-hybridized carbons (Fsp3) is 0.455. The molecule has 0 atom stereocenters. The number of allylic oxidation sites excluding steroid dienone is 16. The molecule has 0 nitrogen and oxygen atoms in total. The van der Waals surface area contributed by atoms with Crippen LogP contribution in [0.1, 0.15) is 95.4 Å². The summed E-state index contributed by atoms with van der Waals surface area (Å²) in [7, 11) is 9.87. The normalized spacial score (nSPS) is 17.7. The Hall–Kier alpha value is 0.846. The van der Waals surface area contributed by atoms with Gasteiger partial charge in [0, 0.05) is 0 Å². The van der Waals surface area contributed by atoms with Crippen LogP contribution in [0, 0.1) is 32.4 Å². The molecule has 0 amide bonds. The third-order valence-corrected chi connectivity index (χ3v) is 7.71. The van der Waals surface area contributed by atoms with Gasteiger partial charge in [-0.05, 0) is 87.8 Å². The molecule has 0 aromatic heterocycles. The maximum atomic E-state index is 4.93. The van der Waals surface area contributed by atoms with E-state index >= 15 is 0 Å². The van der Waals surface area contributed by atoms with Crippen molar-refractivity contribution in [3.63, 3.8) is 0 Å². The van der Waals surface area contributed by atoms with Gasteiger partial charge in [0.15, 0.2) is 0 Å². The number of hydrogen-bond donors (Lipinski definition) is 0. The Morgan fingerprint density at radius 1 is 0.718 bits per heavy atom. The van der Waals surface area contributed by atoms with Crippen LogP contribution in [0.15, 0.2) is 79.5 Å². The van der Waals surface area contributed by atoms with E-state index in [9.17, 15) is 0 Å². The van der Waals surface area contributed by atoms with Crippen molar-refractivity contribution in [1.29, 1.82) is 0 Å². The topological polar surface area (TPSA) is 0 Å². The van der Waals surface area contributed by atoms with E-state index in [1.807, 2.05) is 12.2 Å².